The molecule has 1 aliphatic carbocycles. The highest BCUT2D eigenvalue weighted by Crippen LogP contribution is 2.41. The van der Waals surface area contributed by atoms with Crippen LogP contribution in [0.5, 0.6) is 11.5 Å². The molecule has 0 unspecified atom stereocenters. The van der Waals surface area contributed by atoms with Crippen molar-refractivity contribution in [3.8, 4) is 22.8 Å². The first-order valence-corrected chi connectivity index (χ1v) is 13.1. The van der Waals surface area contributed by atoms with E-state index in [0.29, 0.717) is 23.6 Å². The predicted molar refractivity (Wildman–Crippen MR) is 136 cm³/mol. The largest absolute Gasteiger partial charge is 0.496 e. The van der Waals surface area contributed by atoms with Crippen molar-refractivity contribution in [2.24, 2.45) is 0 Å². The number of hydrogen-bond acceptors (Lipinski definition) is 6. The number of aromatic nitrogens is 2. The van der Waals surface area contributed by atoms with E-state index in [1.807, 2.05) is 28.9 Å². The number of carbonyl (C=O) groups is 1. The molecule has 1 aromatic carbocycles. The molecule has 8 nitrogen and oxygen atoms in total. The minimum Gasteiger partial charge on any atom is -0.496 e. The summed E-state index contributed by atoms with van der Waals surface area (Å²) in [5.74, 6) is 1.18. The summed E-state index contributed by atoms with van der Waals surface area (Å²) in [6.07, 6.45) is 9.53. The van der Waals surface area contributed by atoms with E-state index in [9.17, 15) is 9.90 Å². The number of piperidine rings is 1. The first-order valence-electron chi connectivity index (χ1n) is 13.1. The summed E-state index contributed by atoms with van der Waals surface area (Å²) in [6, 6.07) is 7.72. The second-order valence-corrected chi connectivity index (χ2v) is 9.71. The topological polar surface area (TPSA) is 88.8 Å². The van der Waals surface area contributed by atoms with Gasteiger partial charge < -0.3 is 24.8 Å². The minimum atomic E-state index is -0.200. The Labute approximate surface area is 208 Å². The first kappa shape index (κ1) is 25.5. The van der Waals surface area contributed by atoms with Gasteiger partial charge in [0.05, 0.1) is 31.5 Å². The maximum Gasteiger partial charge on any atom is 0.272 e. The van der Waals surface area contributed by atoms with E-state index in [2.05, 4.69) is 10.2 Å². The Hall–Kier alpha value is -2.58. The average molecular weight is 485 g/mol. The van der Waals surface area contributed by atoms with Gasteiger partial charge in [0, 0.05) is 19.2 Å². The molecule has 1 saturated carbocycles. The fourth-order valence-corrected chi connectivity index (χ4v) is 5.45. The molecule has 2 heterocycles. The van der Waals surface area contributed by atoms with Crippen molar-refractivity contribution in [2.75, 3.05) is 40.5 Å². The molecular weight excluding hydrogens is 444 g/mol. The number of amides is 1. The molecule has 2 N–H and O–H groups in total. The second kappa shape index (κ2) is 12.4. The highest BCUT2D eigenvalue weighted by Gasteiger charge is 2.28. The van der Waals surface area contributed by atoms with Gasteiger partial charge in [-0.3, -0.25) is 9.48 Å². The van der Waals surface area contributed by atoms with Gasteiger partial charge in [0.15, 0.2) is 5.69 Å². The normalized spacial score (nSPS) is 17.9. The van der Waals surface area contributed by atoms with Crippen molar-refractivity contribution in [2.45, 2.75) is 69.9 Å². The summed E-state index contributed by atoms with van der Waals surface area (Å²) >= 11 is 0. The number of nitrogens with one attached hydrogen (secondary N) is 1. The Morgan fingerprint density at radius 1 is 1.09 bits per heavy atom. The SMILES string of the molecule is COc1cccc(OC)c1-c1cc(C(=O)N[C@H](CCO)CCN2CCCCC2)nn1C1CCCC1. The summed E-state index contributed by atoms with van der Waals surface area (Å²) in [5, 5.41) is 17.6. The van der Waals surface area contributed by atoms with Crippen LogP contribution in [0, 0.1) is 0 Å². The second-order valence-electron chi connectivity index (χ2n) is 9.71. The lowest BCUT2D eigenvalue weighted by atomic mass is 10.1. The van der Waals surface area contributed by atoms with Crippen LogP contribution < -0.4 is 14.8 Å². The predicted octanol–water partition coefficient (Wildman–Crippen LogP) is 4.04. The Morgan fingerprint density at radius 2 is 1.77 bits per heavy atom. The lowest BCUT2D eigenvalue weighted by Crippen LogP contribution is -2.40. The third-order valence-electron chi connectivity index (χ3n) is 7.38. The zero-order valence-corrected chi connectivity index (χ0v) is 21.2. The van der Waals surface area contributed by atoms with E-state index in [1.54, 1.807) is 14.2 Å². The highest BCUT2D eigenvalue weighted by atomic mass is 16.5. The van der Waals surface area contributed by atoms with Gasteiger partial charge in [-0.15, -0.1) is 0 Å². The number of carbonyl (C=O) groups excluding carboxylic acids is 1. The van der Waals surface area contributed by atoms with Crippen molar-refractivity contribution in [1.82, 2.24) is 20.0 Å². The van der Waals surface area contributed by atoms with Crippen molar-refractivity contribution in [3.63, 3.8) is 0 Å². The maximum absolute atomic E-state index is 13.4. The monoisotopic (exact) mass is 484 g/mol. The van der Waals surface area contributed by atoms with Crippen LogP contribution in [0.15, 0.2) is 24.3 Å². The van der Waals surface area contributed by atoms with Crippen LogP contribution in [0.2, 0.25) is 0 Å². The van der Waals surface area contributed by atoms with E-state index in [0.717, 1.165) is 63.0 Å². The van der Waals surface area contributed by atoms with Gasteiger partial charge >= 0.3 is 0 Å². The van der Waals surface area contributed by atoms with Crippen molar-refractivity contribution in [1.29, 1.82) is 0 Å². The zero-order valence-electron chi connectivity index (χ0n) is 21.2. The van der Waals surface area contributed by atoms with E-state index in [4.69, 9.17) is 14.6 Å². The van der Waals surface area contributed by atoms with Gasteiger partial charge in [-0.1, -0.05) is 25.3 Å². The number of rotatable bonds is 11. The molecule has 0 radical (unpaired) electrons. The van der Waals surface area contributed by atoms with Crippen molar-refractivity contribution >= 4 is 5.91 Å². The number of likely N-dealkylation sites (tertiary alicyclic amines) is 1. The molecule has 4 rings (SSSR count). The zero-order chi connectivity index (χ0) is 24.6. The lowest BCUT2D eigenvalue weighted by Gasteiger charge is -2.28. The minimum absolute atomic E-state index is 0.0468. The van der Waals surface area contributed by atoms with E-state index in [1.165, 1.54) is 19.3 Å². The number of nitrogens with zero attached hydrogens (tertiary/aromatic N) is 3. The Morgan fingerprint density at radius 3 is 2.40 bits per heavy atom. The molecule has 2 fully saturated rings. The fourth-order valence-electron chi connectivity index (χ4n) is 5.45. The maximum atomic E-state index is 13.4. The molecule has 35 heavy (non-hydrogen) atoms. The van der Waals surface area contributed by atoms with Crippen LogP contribution in [0.25, 0.3) is 11.3 Å². The molecule has 2 aromatic rings. The number of benzene rings is 1. The Kier molecular flexibility index (Phi) is 9.04. The third kappa shape index (κ3) is 6.16. The molecule has 0 bridgehead atoms. The summed E-state index contributed by atoms with van der Waals surface area (Å²) < 4.78 is 13.3. The summed E-state index contributed by atoms with van der Waals surface area (Å²) in [4.78, 5) is 15.8. The van der Waals surface area contributed by atoms with Gasteiger partial charge in [-0.2, -0.15) is 5.10 Å². The molecule has 1 aromatic heterocycles. The summed E-state index contributed by atoms with van der Waals surface area (Å²) in [5.41, 5.74) is 2.04. The molecule has 8 heteroatoms. The van der Waals surface area contributed by atoms with Crippen LogP contribution in [-0.4, -0.2) is 72.2 Å². The molecule has 1 aliphatic heterocycles. The molecule has 1 amide bonds. The third-order valence-corrected chi connectivity index (χ3v) is 7.38. The number of aliphatic hydroxyl groups is 1. The van der Waals surface area contributed by atoms with Gasteiger partial charge in [0.2, 0.25) is 0 Å². The number of aliphatic hydroxyl groups excluding tert-OH is 1. The average Bonchev–Trinajstić information content (AvgIpc) is 3.57. The van der Waals surface area contributed by atoms with Crippen molar-refractivity contribution in [3.05, 3.63) is 30.0 Å². The van der Waals surface area contributed by atoms with Gasteiger partial charge in [0.1, 0.15) is 11.5 Å². The summed E-state index contributed by atoms with van der Waals surface area (Å²) in [6.45, 7) is 3.22. The van der Waals surface area contributed by atoms with Crippen LogP contribution >= 0.6 is 0 Å². The number of ether oxygens (including phenoxy) is 2. The van der Waals surface area contributed by atoms with Crippen LogP contribution in [0.1, 0.15) is 74.3 Å². The molecule has 0 spiro atoms. The smallest absolute Gasteiger partial charge is 0.272 e. The van der Waals surface area contributed by atoms with Crippen LogP contribution in [-0.2, 0) is 0 Å². The first-order chi connectivity index (χ1) is 17.1. The quantitative estimate of drug-likeness (QED) is 0.500. The van der Waals surface area contributed by atoms with Crippen LogP contribution in [0.4, 0.5) is 0 Å². The Bertz CT molecular complexity index is 942. The van der Waals surface area contributed by atoms with Gasteiger partial charge in [0.25, 0.3) is 5.91 Å². The molecule has 192 valence electrons. The van der Waals surface area contributed by atoms with Gasteiger partial charge in [-0.25, -0.2) is 0 Å². The fraction of sp³-hybridized carbons (Fsp3) is 0.630. The van der Waals surface area contributed by atoms with E-state index in [-0.39, 0.29) is 24.6 Å². The highest BCUT2D eigenvalue weighted by molar-refractivity contribution is 5.94. The number of hydrogen-bond donors (Lipinski definition) is 2. The lowest BCUT2D eigenvalue weighted by molar-refractivity contribution is 0.0916. The van der Waals surface area contributed by atoms with E-state index < -0.39 is 0 Å². The van der Waals surface area contributed by atoms with Crippen molar-refractivity contribution < 1.29 is 19.4 Å². The molecule has 1 atom stereocenters. The van der Waals surface area contributed by atoms with Crippen LogP contribution in [0.3, 0.4) is 0 Å². The molecule has 2 aliphatic rings. The number of methoxy groups -OCH3 is 2. The standard InChI is InChI=1S/C27H40N4O4/c1-34-24-11-8-12-25(35-2)26(24)23-19-22(29-31(23)21-9-4-5-10-21)27(33)28-20(14-18-32)13-17-30-15-6-3-7-16-30/h8,11-12,19-21,32H,3-7,9-10,13-18H2,1-2H3,(H,28,33)/t20-/m0/s1. The summed E-state index contributed by atoms with van der Waals surface area (Å²) in [7, 11) is 3.29. The van der Waals surface area contributed by atoms with E-state index >= 15 is 0 Å². The van der Waals surface area contributed by atoms with Gasteiger partial charge in [-0.05, 0) is 69.8 Å². The Balaban J connectivity index is 1.58. The molecule has 1 saturated heterocycles. The molecular formula is C27H40N4O4.